The van der Waals surface area contributed by atoms with Crippen LogP contribution in [0.1, 0.15) is 27.2 Å². The van der Waals surface area contributed by atoms with Crippen molar-refractivity contribution < 1.29 is 14.0 Å². The van der Waals surface area contributed by atoms with Crippen LogP contribution in [0, 0.1) is 26.6 Å². The monoisotopic (exact) mass is 438 g/mol. The molecule has 1 aliphatic heterocycles. The van der Waals surface area contributed by atoms with Gasteiger partial charge >= 0.3 is 0 Å². The van der Waals surface area contributed by atoms with Gasteiger partial charge in [0, 0.05) is 11.4 Å². The average Bonchev–Trinajstić information content (AvgIpc) is 3.38. The standard InChI is InChI=1S/C23H23FN4O2S/c1-14-4-7-18(10-15(14)2)26-22(29)21-12-31-13-27(21)23(30)20-11-25-28(16(20)3)19-8-5-17(24)6-9-19/h4-11,21H,12-13H2,1-3H3,(H,26,29). The van der Waals surface area contributed by atoms with Crippen LogP contribution in [-0.2, 0) is 4.79 Å². The minimum absolute atomic E-state index is 0.204. The molecule has 31 heavy (non-hydrogen) atoms. The Hall–Kier alpha value is -3.13. The number of carbonyl (C=O) groups excluding carboxylic acids is 2. The Morgan fingerprint density at radius 1 is 1.10 bits per heavy atom. The van der Waals surface area contributed by atoms with Gasteiger partial charge in [-0.25, -0.2) is 9.07 Å². The number of nitrogens with zero attached hydrogens (tertiary/aromatic N) is 3. The average molecular weight is 439 g/mol. The molecule has 1 atom stereocenters. The van der Waals surface area contributed by atoms with E-state index in [0.717, 1.165) is 16.8 Å². The van der Waals surface area contributed by atoms with Gasteiger partial charge in [-0.3, -0.25) is 9.59 Å². The quantitative estimate of drug-likeness (QED) is 0.666. The molecule has 6 nitrogen and oxygen atoms in total. The number of hydrogen-bond donors (Lipinski definition) is 1. The molecule has 1 N–H and O–H groups in total. The number of nitrogens with one attached hydrogen (secondary N) is 1. The van der Waals surface area contributed by atoms with Crippen molar-refractivity contribution in [1.82, 2.24) is 14.7 Å². The minimum atomic E-state index is -0.562. The zero-order chi connectivity index (χ0) is 22.1. The van der Waals surface area contributed by atoms with Crippen LogP contribution in [0.3, 0.4) is 0 Å². The lowest BCUT2D eigenvalue weighted by molar-refractivity contribution is -0.119. The predicted octanol–water partition coefficient (Wildman–Crippen LogP) is 4.09. The topological polar surface area (TPSA) is 67.2 Å². The van der Waals surface area contributed by atoms with Crippen molar-refractivity contribution >= 4 is 29.3 Å². The molecule has 2 amide bonds. The van der Waals surface area contributed by atoms with Gasteiger partial charge < -0.3 is 10.2 Å². The summed E-state index contributed by atoms with van der Waals surface area (Å²) < 4.78 is 14.8. The third-order valence-electron chi connectivity index (χ3n) is 5.53. The lowest BCUT2D eigenvalue weighted by Gasteiger charge is -2.23. The summed E-state index contributed by atoms with van der Waals surface area (Å²) >= 11 is 1.54. The van der Waals surface area contributed by atoms with Crippen molar-refractivity contribution in [3.8, 4) is 5.69 Å². The molecule has 1 aromatic heterocycles. The summed E-state index contributed by atoms with van der Waals surface area (Å²) in [6.07, 6.45) is 1.50. The molecule has 4 rings (SSSR count). The number of hydrogen-bond acceptors (Lipinski definition) is 4. The summed E-state index contributed by atoms with van der Waals surface area (Å²) in [7, 11) is 0. The second kappa shape index (κ2) is 8.55. The smallest absolute Gasteiger partial charge is 0.258 e. The zero-order valence-corrected chi connectivity index (χ0v) is 18.4. The van der Waals surface area contributed by atoms with Crippen LogP contribution < -0.4 is 5.32 Å². The summed E-state index contributed by atoms with van der Waals surface area (Å²) in [6.45, 7) is 5.80. The molecular weight excluding hydrogens is 415 g/mol. The number of anilines is 1. The van der Waals surface area contributed by atoms with E-state index in [2.05, 4.69) is 10.4 Å². The molecule has 8 heteroatoms. The van der Waals surface area contributed by atoms with Crippen molar-refractivity contribution in [1.29, 1.82) is 0 Å². The molecule has 0 spiro atoms. The maximum Gasteiger partial charge on any atom is 0.258 e. The number of rotatable bonds is 4. The molecule has 0 aliphatic carbocycles. The molecule has 2 heterocycles. The highest BCUT2D eigenvalue weighted by molar-refractivity contribution is 7.99. The van der Waals surface area contributed by atoms with E-state index in [9.17, 15) is 14.0 Å². The van der Waals surface area contributed by atoms with Crippen LogP contribution in [0.15, 0.2) is 48.7 Å². The highest BCUT2D eigenvalue weighted by Crippen LogP contribution is 2.26. The molecule has 1 unspecified atom stereocenters. The molecule has 0 radical (unpaired) electrons. The lowest BCUT2D eigenvalue weighted by atomic mass is 10.1. The first-order valence-electron chi connectivity index (χ1n) is 9.92. The van der Waals surface area contributed by atoms with E-state index < -0.39 is 6.04 Å². The molecule has 1 saturated heterocycles. The highest BCUT2D eigenvalue weighted by Gasteiger charge is 2.36. The van der Waals surface area contributed by atoms with Gasteiger partial charge in [0.05, 0.1) is 29.0 Å². The summed E-state index contributed by atoms with van der Waals surface area (Å²) in [4.78, 5) is 27.8. The lowest BCUT2D eigenvalue weighted by Crippen LogP contribution is -2.44. The molecule has 1 aliphatic rings. The predicted molar refractivity (Wildman–Crippen MR) is 120 cm³/mol. The summed E-state index contributed by atoms with van der Waals surface area (Å²) in [5.74, 6) is 0.191. The largest absolute Gasteiger partial charge is 0.324 e. The zero-order valence-electron chi connectivity index (χ0n) is 17.6. The normalized spacial score (nSPS) is 15.9. The van der Waals surface area contributed by atoms with E-state index in [0.29, 0.717) is 28.6 Å². The van der Waals surface area contributed by atoms with Crippen molar-refractivity contribution in [3.63, 3.8) is 0 Å². The first kappa shape index (κ1) is 21.1. The van der Waals surface area contributed by atoms with Gasteiger partial charge in [0.15, 0.2) is 0 Å². The van der Waals surface area contributed by atoms with Gasteiger partial charge in [-0.15, -0.1) is 11.8 Å². The van der Waals surface area contributed by atoms with E-state index in [4.69, 9.17) is 0 Å². The molecule has 0 saturated carbocycles. The van der Waals surface area contributed by atoms with Crippen molar-refractivity contribution in [3.05, 3.63) is 76.9 Å². The highest BCUT2D eigenvalue weighted by atomic mass is 32.2. The number of carbonyl (C=O) groups is 2. The Morgan fingerprint density at radius 2 is 1.84 bits per heavy atom. The van der Waals surface area contributed by atoms with Gasteiger partial charge in [-0.1, -0.05) is 6.07 Å². The Balaban J connectivity index is 1.53. The second-order valence-electron chi connectivity index (χ2n) is 7.61. The molecule has 1 fully saturated rings. The van der Waals surface area contributed by atoms with Crippen molar-refractivity contribution in [2.24, 2.45) is 0 Å². The summed E-state index contributed by atoms with van der Waals surface area (Å²) in [5.41, 5.74) is 4.70. The first-order chi connectivity index (χ1) is 14.8. The van der Waals surface area contributed by atoms with Gasteiger partial charge in [0.2, 0.25) is 5.91 Å². The van der Waals surface area contributed by atoms with Crippen LogP contribution in [0.25, 0.3) is 5.69 Å². The van der Waals surface area contributed by atoms with Crippen LogP contribution in [0.2, 0.25) is 0 Å². The third kappa shape index (κ3) is 4.20. The number of benzene rings is 2. The van der Waals surface area contributed by atoms with Crippen molar-refractivity contribution in [2.45, 2.75) is 26.8 Å². The molecule has 160 valence electrons. The van der Waals surface area contributed by atoms with Crippen LogP contribution in [-0.4, -0.2) is 44.2 Å². The number of aryl methyl sites for hydroxylation is 2. The number of thioether (sulfide) groups is 1. The van der Waals surface area contributed by atoms with Gasteiger partial charge in [-0.05, 0) is 68.3 Å². The number of aromatic nitrogens is 2. The Morgan fingerprint density at radius 3 is 2.55 bits per heavy atom. The third-order valence-corrected chi connectivity index (χ3v) is 6.54. The summed E-state index contributed by atoms with van der Waals surface area (Å²) in [5, 5.41) is 7.24. The Labute approximate surface area is 184 Å². The fourth-order valence-corrected chi connectivity index (χ4v) is 4.68. The van der Waals surface area contributed by atoms with Gasteiger partial charge in [0.25, 0.3) is 5.91 Å². The summed E-state index contributed by atoms with van der Waals surface area (Å²) in [6, 6.07) is 11.1. The first-order valence-corrected chi connectivity index (χ1v) is 11.1. The fraction of sp³-hybridized carbons (Fsp3) is 0.261. The molecule has 3 aromatic rings. The maximum atomic E-state index is 13.3. The second-order valence-corrected chi connectivity index (χ2v) is 8.61. The minimum Gasteiger partial charge on any atom is -0.324 e. The Bertz CT molecular complexity index is 1140. The van der Waals surface area contributed by atoms with E-state index in [1.165, 1.54) is 18.3 Å². The van der Waals surface area contributed by atoms with Crippen molar-refractivity contribution in [2.75, 3.05) is 16.9 Å². The molecular formula is C23H23FN4O2S. The van der Waals surface area contributed by atoms with Crippen LogP contribution in [0.5, 0.6) is 0 Å². The van der Waals surface area contributed by atoms with E-state index in [1.54, 1.807) is 40.4 Å². The van der Waals surface area contributed by atoms with E-state index in [1.807, 2.05) is 32.0 Å². The van der Waals surface area contributed by atoms with E-state index >= 15 is 0 Å². The van der Waals surface area contributed by atoms with Crippen LogP contribution >= 0.6 is 11.8 Å². The van der Waals surface area contributed by atoms with Crippen LogP contribution in [0.4, 0.5) is 10.1 Å². The number of halogens is 1. The number of amides is 2. The fourth-order valence-electron chi connectivity index (χ4n) is 3.52. The van der Waals surface area contributed by atoms with Gasteiger partial charge in [0.1, 0.15) is 11.9 Å². The molecule has 0 bridgehead atoms. The van der Waals surface area contributed by atoms with Gasteiger partial charge in [-0.2, -0.15) is 5.10 Å². The van der Waals surface area contributed by atoms with E-state index in [-0.39, 0.29) is 17.6 Å². The SMILES string of the molecule is Cc1ccc(NC(=O)C2CSCN2C(=O)c2cnn(-c3ccc(F)cc3)c2C)cc1C. The molecule has 2 aromatic carbocycles. The Kier molecular flexibility index (Phi) is 5.82. The maximum absolute atomic E-state index is 13.3.